The van der Waals surface area contributed by atoms with Crippen molar-refractivity contribution in [3.63, 3.8) is 0 Å². The molecule has 0 spiro atoms. The topological polar surface area (TPSA) is 178 Å². The van der Waals surface area contributed by atoms with Gasteiger partial charge in [0.15, 0.2) is 5.78 Å². The number of carbonyl (C=O) groups is 5. The highest BCUT2D eigenvalue weighted by Gasteiger charge is 2.43. The van der Waals surface area contributed by atoms with Crippen molar-refractivity contribution in [3.05, 3.63) is 35.9 Å². The first-order chi connectivity index (χ1) is 26.0. The van der Waals surface area contributed by atoms with Crippen LogP contribution in [0.15, 0.2) is 30.3 Å². The number of nitrogens with zero attached hydrogens (tertiary/aromatic N) is 2. The fourth-order valence-electron chi connectivity index (χ4n) is 8.12. The van der Waals surface area contributed by atoms with Crippen LogP contribution < -0.4 is 11.2 Å². The number of Topliss-reactive ketones (excluding diaryl/α,β-unsaturated/α-hetero) is 2. The van der Waals surface area contributed by atoms with Crippen molar-refractivity contribution in [3.8, 4) is 0 Å². The van der Waals surface area contributed by atoms with Crippen molar-refractivity contribution in [1.82, 2.24) is 15.1 Å². The summed E-state index contributed by atoms with van der Waals surface area (Å²) in [5, 5.41) is 13.2. The minimum Gasteiger partial charge on any atom is -0.481 e. The molecule has 0 radical (unpaired) electrons. The monoisotopic (exact) mass is 775 g/mol. The number of nitrogens with one attached hydrogen (secondary N) is 1. The second-order valence-corrected chi connectivity index (χ2v) is 16.1. The molecule has 2 rings (SSSR count). The molecule has 1 fully saturated rings. The normalized spacial score (nSPS) is 19.0. The van der Waals surface area contributed by atoms with E-state index in [1.807, 2.05) is 71.9 Å². The van der Waals surface area contributed by atoms with Gasteiger partial charge in [0.25, 0.3) is 0 Å². The first-order valence-electron chi connectivity index (χ1n) is 20.0. The summed E-state index contributed by atoms with van der Waals surface area (Å²) < 4.78 is 11.9. The van der Waals surface area contributed by atoms with E-state index in [4.69, 9.17) is 15.4 Å². The average molecular weight is 775 g/mol. The molecule has 1 aliphatic rings. The molecule has 0 bridgehead atoms. The Hall–Kier alpha value is -3.23. The number of hydrogen-bond donors (Lipinski definition) is 3. The lowest BCUT2D eigenvalue weighted by Crippen LogP contribution is -2.54. The number of likely N-dealkylation sites (N-methyl/N-ethyl adjacent to an activating group) is 1. The lowest BCUT2D eigenvalue weighted by molar-refractivity contribution is -0.149. The molecule has 1 aliphatic heterocycles. The SMILES string of the molecule is CC[C@H](C)[C@@H]([C@@H](CC(=O)N1CCC[C@H]1[C@H](OC)[C@@H](C)C(=O)C[C@@H](Cc1ccccc1)C(=O)O)OC)N(C)C(=O)[C@@H](CC(=O)[C@@H](NCCON)C(C)C)C(C)C. The lowest BCUT2D eigenvalue weighted by Gasteiger charge is -2.41. The molecule has 1 aromatic carbocycles. The van der Waals surface area contributed by atoms with Crippen LogP contribution in [-0.4, -0.2) is 116 Å². The largest absolute Gasteiger partial charge is 0.481 e. The Balaban J connectivity index is 2.26. The van der Waals surface area contributed by atoms with Gasteiger partial charge >= 0.3 is 5.97 Å². The highest BCUT2D eigenvalue weighted by atomic mass is 16.6. The van der Waals surface area contributed by atoms with Crippen LogP contribution in [0.25, 0.3) is 0 Å². The number of methoxy groups -OCH3 is 2. The van der Waals surface area contributed by atoms with Crippen LogP contribution in [0.4, 0.5) is 0 Å². The summed E-state index contributed by atoms with van der Waals surface area (Å²) >= 11 is 0. The summed E-state index contributed by atoms with van der Waals surface area (Å²) in [6.45, 7) is 14.7. The number of ketones is 2. The van der Waals surface area contributed by atoms with Crippen molar-refractivity contribution in [2.24, 2.45) is 41.4 Å². The van der Waals surface area contributed by atoms with E-state index in [9.17, 15) is 29.1 Å². The fourth-order valence-corrected chi connectivity index (χ4v) is 8.12. The van der Waals surface area contributed by atoms with E-state index >= 15 is 0 Å². The van der Waals surface area contributed by atoms with E-state index in [-0.39, 0.29) is 79.5 Å². The van der Waals surface area contributed by atoms with Crippen LogP contribution in [0.5, 0.6) is 0 Å². The Morgan fingerprint density at radius 1 is 0.945 bits per heavy atom. The zero-order chi connectivity index (χ0) is 41.4. The van der Waals surface area contributed by atoms with Gasteiger partial charge in [-0.25, -0.2) is 5.90 Å². The molecule has 1 saturated heterocycles. The van der Waals surface area contributed by atoms with Gasteiger partial charge in [0.05, 0.1) is 49.3 Å². The van der Waals surface area contributed by atoms with Crippen LogP contribution >= 0.6 is 0 Å². The van der Waals surface area contributed by atoms with E-state index in [1.165, 1.54) is 7.11 Å². The first kappa shape index (κ1) is 47.9. The number of carboxylic acids is 1. The predicted octanol–water partition coefficient (Wildman–Crippen LogP) is 4.55. The number of benzene rings is 1. The molecule has 9 atom stereocenters. The molecule has 4 N–H and O–H groups in total. The molecule has 13 nitrogen and oxygen atoms in total. The summed E-state index contributed by atoms with van der Waals surface area (Å²) in [5.41, 5.74) is 0.845. The Labute approximate surface area is 329 Å². The zero-order valence-corrected chi connectivity index (χ0v) is 35.0. The van der Waals surface area contributed by atoms with E-state index in [0.29, 0.717) is 19.5 Å². The standard InChI is InChI=1S/C42H70N4O9/c1-11-28(6)39(45(8)41(50)32(26(2)3)24-35(48)38(27(4)5)44-19-21-55-43)36(53-9)25-37(49)46-20-15-18-33(46)40(54-10)29(7)34(47)23-31(42(51)52)22-30-16-13-12-14-17-30/h12-14,16-17,26-29,31-33,36,38-40,44H,11,15,18-25,43H2,1-10H3,(H,51,52)/t28-,29-,31+,32-,33-,36+,38-,39-,40+/m0/s1. The molecule has 2 amide bonds. The third-order valence-corrected chi connectivity index (χ3v) is 11.6. The minimum atomic E-state index is -1.03. The van der Waals surface area contributed by atoms with Crippen molar-refractivity contribution < 1.29 is 43.4 Å². The summed E-state index contributed by atoms with van der Waals surface area (Å²) in [7, 11) is 4.81. The van der Waals surface area contributed by atoms with Gasteiger partial charge in [-0.05, 0) is 42.6 Å². The first-order valence-corrected chi connectivity index (χ1v) is 20.0. The molecule has 0 aromatic heterocycles. The third kappa shape index (κ3) is 13.7. The van der Waals surface area contributed by atoms with Gasteiger partial charge in [-0.15, -0.1) is 0 Å². The molecule has 1 aromatic rings. The summed E-state index contributed by atoms with van der Waals surface area (Å²) in [4.78, 5) is 76.0. The number of nitrogens with two attached hydrogens (primary N) is 1. The minimum absolute atomic E-state index is 0.00260. The Morgan fingerprint density at radius 2 is 1.60 bits per heavy atom. The maximum atomic E-state index is 14.3. The van der Waals surface area contributed by atoms with Gasteiger partial charge in [-0.3, -0.25) is 24.0 Å². The van der Waals surface area contributed by atoms with Gasteiger partial charge in [0.1, 0.15) is 5.78 Å². The van der Waals surface area contributed by atoms with E-state index < -0.39 is 48.0 Å². The molecule has 55 heavy (non-hydrogen) atoms. The summed E-state index contributed by atoms with van der Waals surface area (Å²) in [6, 6.07) is 7.95. The van der Waals surface area contributed by atoms with Crippen LogP contribution in [0, 0.1) is 35.5 Å². The Kier molecular flexibility index (Phi) is 20.7. The second kappa shape index (κ2) is 23.7. The maximum absolute atomic E-state index is 14.3. The number of ether oxygens (including phenoxy) is 2. The van der Waals surface area contributed by atoms with Crippen LogP contribution in [0.3, 0.4) is 0 Å². The predicted molar refractivity (Wildman–Crippen MR) is 212 cm³/mol. The van der Waals surface area contributed by atoms with E-state index in [1.54, 1.807) is 30.9 Å². The number of amides is 2. The number of aliphatic carboxylic acids is 1. The number of hydrogen-bond acceptors (Lipinski definition) is 10. The van der Waals surface area contributed by atoms with Crippen LogP contribution in [0.1, 0.15) is 92.6 Å². The fraction of sp³-hybridized carbons (Fsp3) is 0.738. The average Bonchev–Trinajstić information content (AvgIpc) is 3.64. The Bertz CT molecular complexity index is 1360. The molecule has 13 heteroatoms. The molecule has 312 valence electrons. The quantitative estimate of drug-likeness (QED) is 0.0890. The molecular formula is C42H70N4O9. The summed E-state index contributed by atoms with van der Waals surface area (Å²) in [5.74, 6) is 1.26. The highest BCUT2D eigenvalue weighted by Crippen LogP contribution is 2.31. The third-order valence-electron chi connectivity index (χ3n) is 11.6. The van der Waals surface area contributed by atoms with Gasteiger partial charge in [-0.1, -0.05) is 85.2 Å². The smallest absolute Gasteiger partial charge is 0.307 e. The zero-order valence-electron chi connectivity index (χ0n) is 35.0. The summed E-state index contributed by atoms with van der Waals surface area (Å²) in [6.07, 6.45) is 0.978. The van der Waals surface area contributed by atoms with Crippen LogP contribution in [0.2, 0.25) is 0 Å². The van der Waals surface area contributed by atoms with Crippen molar-refractivity contribution in [1.29, 1.82) is 0 Å². The van der Waals surface area contributed by atoms with Gasteiger partial charge in [0, 0.05) is 59.0 Å². The van der Waals surface area contributed by atoms with E-state index in [0.717, 1.165) is 18.4 Å². The van der Waals surface area contributed by atoms with Gasteiger partial charge in [-0.2, -0.15) is 0 Å². The Morgan fingerprint density at radius 3 is 2.13 bits per heavy atom. The van der Waals surface area contributed by atoms with Crippen molar-refractivity contribution >= 4 is 29.4 Å². The van der Waals surface area contributed by atoms with Gasteiger partial charge < -0.3 is 34.5 Å². The molecule has 0 unspecified atom stereocenters. The van der Waals surface area contributed by atoms with Crippen molar-refractivity contribution in [2.75, 3.05) is 41.0 Å². The number of likely N-dealkylation sites (tertiary alicyclic amines) is 1. The molecule has 1 heterocycles. The second-order valence-electron chi connectivity index (χ2n) is 16.1. The molecule has 0 saturated carbocycles. The lowest BCUT2D eigenvalue weighted by atomic mass is 9.84. The van der Waals surface area contributed by atoms with Crippen molar-refractivity contribution in [2.45, 2.75) is 124 Å². The number of rotatable bonds is 26. The maximum Gasteiger partial charge on any atom is 0.307 e. The number of carbonyl (C=O) groups excluding carboxylic acids is 4. The van der Waals surface area contributed by atoms with Crippen LogP contribution in [-0.2, 0) is 44.7 Å². The van der Waals surface area contributed by atoms with E-state index in [2.05, 4.69) is 10.2 Å². The molecule has 0 aliphatic carbocycles. The molecular weight excluding hydrogens is 704 g/mol. The highest BCUT2D eigenvalue weighted by molar-refractivity contribution is 5.90. The number of carboxylic acid groups (broad SMARTS) is 1. The van der Waals surface area contributed by atoms with Gasteiger partial charge in [0.2, 0.25) is 11.8 Å².